The highest BCUT2D eigenvalue weighted by Gasteiger charge is 2.38. The van der Waals surface area contributed by atoms with E-state index in [1.54, 1.807) is 34.6 Å². The van der Waals surface area contributed by atoms with Gasteiger partial charge in [0.25, 0.3) is 0 Å². The van der Waals surface area contributed by atoms with E-state index in [1.165, 1.54) is 4.90 Å². The van der Waals surface area contributed by atoms with Gasteiger partial charge >= 0.3 is 6.09 Å². The smallest absolute Gasteiger partial charge is 0.408 e. The predicted octanol–water partition coefficient (Wildman–Crippen LogP) is 3.26. The molecule has 0 aromatic heterocycles. The number of aryl methyl sites for hydroxylation is 2. The Hall–Kier alpha value is -3.10. The number of alkyl carbamates (subject to hydrolysis) is 1. The summed E-state index contributed by atoms with van der Waals surface area (Å²) in [6.45, 7) is 16.3. The third kappa shape index (κ3) is 9.58. The van der Waals surface area contributed by atoms with E-state index in [2.05, 4.69) is 10.6 Å². The number of amides is 4. The Morgan fingerprint density at radius 3 is 2.09 bits per heavy atom. The lowest BCUT2D eigenvalue weighted by Gasteiger charge is -2.38. The molecule has 4 amide bonds. The molecule has 9 heteroatoms. The van der Waals surface area contributed by atoms with Crippen LogP contribution in [-0.2, 0) is 19.1 Å². The summed E-state index contributed by atoms with van der Waals surface area (Å²) in [5.74, 6) is -1.44. The quantitative estimate of drug-likeness (QED) is 0.463. The Balaban J connectivity index is 3.52. The maximum Gasteiger partial charge on any atom is 0.408 e. The molecule has 1 rings (SSSR count). The number of nitrogens with one attached hydrogen (secondary N) is 2. The fourth-order valence-electron chi connectivity index (χ4n) is 3.77. The lowest BCUT2D eigenvalue weighted by Crippen LogP contribution is -2.55. The van der Waals surface area contributed by atoms with Crippen molar-refractivity contribution in [2.24, 2.45) is 5.73 Å². The molecule has 0 heterocycles. The maximum atomic E-state index is 13.9. The number of hydrogen-bond donors (Lipinski definition) is 3. The zero-order valence-electron chi connectivity index (χ0n) is 22.5. The number of hydrogen-bond acceptors (Lipinski definition) is 5. The fourth-order valence-corrected chi connectivity index (χ4v) is 3.77. The van der Waals surface area contributed by atoms with Crippen LogP contribution in [0.2, 0.25) is 0 Å². The molecule has 35 heavy (non-hydrogen) atoms. The first-order valence-corrected chi connectivity index (χ1v) is 12.0. The molecule has 4 N–H and O–H groups in total. The molecule has 0 fully saturated rings. The van der Waals surface area contributed by atoms with E-state index in [0.717, 1.165) is 11.1 Å². The Kier molecular flexibility index (Phi) is 10.7. The van der Waals surface area contributed by atoms with E-state index in [4.69, 9.17) is 10.5 Å². The number of nitrogens with two attached hydrogens (primary N) is 1. The van der Waals surface area contributed by atoms with Crippen molar-refractivity contribution in [3.05, 3.63) is 34.9 Å². The van der Waals surface area contributed by atoms with Crippen molar-refractivity contribution in [3.8, 4) is 0 Å². The van der Waals surface area contributed by atoms with E-state index in [1.807, 2.05) is 45.9 Å². The van der Waals surface area contributed by atoms with Gasteiger partial charge in [0.1, 0.15) is 17.7 Å². The molecule has 0 saturated carbocycles. The first-order valence-electron chi connectivity index (χ1n) is 12.0. The van der Waals surface area contributed by atoms with Crippen molar-refractivity contribution in [3.63, 3.8) is 0 Å². The van der Waals surface area contributed by atoms with Crippen molar-refractivity contribution in [2.75, 3.05) is 0 Å². The van der Waals surface area contributed by atoms with Crippen LogP contribution in [0.3, 0.4) is 0 Å². The highest BCUT2D eigenvalue weighted by Crippen LogP contribution is 2.29. The van der Waals surface area contributed by atoms with Gasteiger partial charge in [-0.1, -0.05) is 23.8 Å². The van der Waals surface area contributed by atoms with Crippen LogP contribution in [0, 0.1) is 13.8 Å². The minimum Gasteiger partial charge on any atom is -0.444 e. The van der Waals surface area contributed by atoms with Gasteiger partial charge < -0.3 is 26.0 Å². The van der Waals surface area contributed by atoms with E-state index < -0.39 is 41.6 Å². The van der Waals surface area contributed by atoms with Crippen molar-refractivity contribution >= 4 is 23.8 Å². The number of benzene rings is 1. The van der Waals surface area contributed by atoms with Crippen LogP contribution >= 0.6 is 0 Å². The normalized spacial score (nSPS) is 13.2. The Labute approximate surface area is 209 Å². The second-order valence-electron chi connectivity index (χ2n) is 10.5. The largest absolute Gasteiger partial charge is 0.444 e. The Morgan fingerprint density at radius 1 is 1.03 bits per heavy atom. The average molecular weight is 491 g/mol. The summed E-state index contributed by atoms with van der Waals surface area (Å²) in [7, 11) is 0. The lowest BCUT2D eigenvalue weighted by molar-refractivity contribution is -0.145. The first kappa shape index (κ1) is 29.9. The molecule has 0 aliphatic heterocycles. The fraction of sp³-hybridized carbons (Fsp3) is 0.615. The first-order chi connectivity index (χ1) is 16.0. The molecule has 196 valence electrons. The molecule has 0 aliphatic carbocycles. The zero-order chi connectivity index (χ0) is 27.1. The molecule has 0 aliphatic rings. The molecule has 2 unspecified atom stereocenters. The molecule has 2 atom stereocenters. The van der Waals surface area contributed by atoms with Gasteiger partial charge in [0, 0.05) is 18.5 Å². The second kappa shape index (κ2) is 12.6. The van der Waals surface area contributed by atoms with E-state index in [-0.39, 0.29) is 24.8 Å². The van der Waals surface area contributed by atoms with E-state index >= 15 is 0 Å². The number of carbonyl (C=O) groups excluding carboxylic acids is 4. The Morgan fingerprint density at radius 2 is 1.63 bits per heavy atom. The average Bonchev–Trinajstić information content (AvgIpc) is 2.67. The maximum absolute atomic E-state index is 13.9. The van der Waals surface area contributed by atoms with E-state index in [0.29, 0.717) is 5.56 Å². The van der Waals surface area contributed by atoms with Gasteiger partial charge in [-0.2, -0.15) is 0 Å². The lowest BCUT2D eigenvalue weighted by atomic mass is 9.95. The molecule has 1 aromatic rings. The SMILES string of the molecule is Cc1ccc(C(C(=O)NC(C)C)N(C(=O)C(CCC(N)=O)NC(=O)OC(C)(C)C)C(C)C)c(C)c1. The molecule has 0 bridgehead atoms. The predicted molar refractivity (Wildman–Crippen MR) is 136 cm³/mol. The molecule has 0 spiro atoms. The van der Waals surface area contributed by atoms with Crippen LogP contribution in [0.15, 0.2) is 18.2 Å². The van der Waals surface area contributed by atoms with Crippen molar-refractivity contribution in [1.82, 2.24) is 15.5 Å². The van der Waals surface area contributed by atoms with Crippen LogP contribution in [0.25, 0.3) is 0 Å². The van der Waals surface area contributed by atoms with Crippen LogP contribution in [0.4, 0.5) is 4.79 Å². The molecule has 9 nitrogen and oxygen atoms in total. The third-order valence-corrected chi connectivity index (χ3v) is 5.16. The summed E-state index contributed by atoms with van der Waals surface area (Å²) >= 11 is 0. The summed E-state index contributed by atoms with van der Waals surface area (Å²) in [5.41, 5.74) is 7.12. The summed E-state index contributed by atoms with van der Waals surface area (Å²) in [5, 5.41) is 5.50. The Bertz CT molecular complexity index is 921. The van der Waals surface area contributed by atoms with Gasteiger partial charge in [0.2, 0.25) is 17.7 Å². The van der Waals surface area contributed by atoms with Crippen LogP contribution in [-0.4, -0.2) is 52.4 Å². The van der Waals surface area contributed by atoms with Crippen molar-refractivity contribution in [1.29, 1.82) is 0 Å². The van der Waals surface area contributed by atoms with Gasteiger partial charge in [-0.05, 0) is 79.9 Å². The molecule has 0 radical (unpaired) electrons. The summed E-state index contributed by atoms with van der Waals surface area (Å²) in [4.78, 5) is 52.8. The zero-order valence-corrected chi connectivity index (χ0v) is 22.5. The highest BCUT2D eigenvalue weighted by atomic mass is 16.6. The van der Waals surface area contributed by atoms with Crippen molar-refractivity contribution < 1.29 is 23.9 Å². The van der Waals surface area contributed by atoms with Crippen LogP contribution in [0.1, 0.15) is 84.0 Å². The van der Waals surface area contributed by atoms with Gasteiger partial charge in [-0.15, -0.1) is 0 Å². The van der Waals surface area contributed by atoms with Crippen LogP contribution < -0.4 is 16.4 Å². The van der Waals surface area contributed by atoms with Gasteiger partial charge in [0.15, 0.2) is 0 Å². The topological polar surface area (TPSA) is 131 Å². The monoisotopic (exact) mass is 490 g/mol. The van der Waals surface area contributed by atoms with E-state index in [9.17, 15) is 19.2 Å². The minimum atomic E-state index is -1.11. The number of rotatable bonds is 10. The van der Waals surface area contributed by atoms with Gasteiger partial charge in [-0.25, -0.2) is 4.79 Å². The second-order valence-corrected chi connectivity index (χ2v) is 10.5. The number of nitrogens with zero attached hydrogens (tertiary/aromatic N) is 1. The minimum absolute atomic E-state index is 0.0258. The van der Waals surface area contributed by atoms with Gasteiger partial charge in [0.05, 0.1) is 0 Å². The van der Waals surface area contributed by atoms with Gasteiger partial charge in [-0.3, -0.25) is 14.4 Å². The van der Waals surface area contributed by atoms with Crippen molar-refractivity contribution in [2.45, 2.75) is 105 Å². The third-order valence-electron chi connectivity index (χ3n) is 5.16. The number of ether oxygens (including phenoxy) is 1. The van der Waals surface area contributed by atoms with Crippen LogP contribution in [0.5, 0.6) is 0 Å². The molecular formula is C26H42N4O5. The summed E-state index contributed by atoms with van der Waals surface area (Å²) < 4.78 is 5.33. The number of carbonyl (C=O) groups is 4. The standard InChI is InChI=1S/C26H42N4O5/c1-15(2)28-23(32)22(19-11-10-17(5)14-18(19)6)30(16(3)4)24(33)20(12-13-21(27)31)29-25(34)35-26(7,8)9/h10-11,14-16,20,22H,12-13H2,1-9H3,(H2,27,31)(H,28,32)(H,29,34). The summed E-state index contributed by atoms with van der Waals surface area (Å²) in [6, 6.07) is 3.09. The summed E-state index contributed by atoms with van der Waals surface area (Å²) in [6.07, 6.45) is -0.939. The number of primary amides is 1. The molecule has 1 aromatic carbocycles. The molecular weight excluding hydrogens is 448 g/mol. The highest BCUT2D eigenvalue weighted by molar-refractivity contribution is 5.93. The molecule has 0 saturated heterocycles.